The summed E-state index contributed by atoms with van der Waals surface area (Å²) < 4.78 is 15.6. The van der Waals surface area contributed by atoms with E-state index in [1.165, 1.54) is 32.4 Å². The van der Waals surface area contributed by atoms with E-state index in [0.29, 0.717) is 34.9 Å². The second kappa shape index (κ2) is 12.4. The second-order valence-corrected chi connectivity index (χ2v) is 8.92. The Morgan fingerprint density at radius 3 is 2.33 bits per heavy atom. The van der Waals surface area contributed by atoms with Gasteiger partial charge in [0.05, 0.1) is 37.8 Å². The summed E-state index contributed by atoms with van der Waals surface area (Å²) in [5, 5.41) is 5.33. The van der Waals surface area contributed by atoms with Crippen molar-refractivity contribution in [3.63, 3.8) is 0 Å². The number of halogens is 1. The van der Waals surface area contributed by atoms with Gasteiger partial charge < -0.3 is 24.8 Å². The van der Waals surface area contributed by atoms with Crippen molar-refractivity contribution < 1.29 is 33.4 Å². The lowest BCUT2D eigenvalue weighted by Crippen LogP contribution is -2.32. The number of rotatable bonds is 10. The van der Waals surface area contributed by atoms with Crippen LogP contribution in [0.25, 0.3) is 0 Å². The molecule has 0 saturated carbocycles. The Bertz CT molecular complexity index is 1500. The molecule has 1 aliphatic heterocycles. The molecule has 3 amide bonds. The highest BCUT2D eigenvalue weighted by Gasteiger charge is 2.39. The van der Waals surface area contributed by atoms with Gasteiger partial charge in [-0.3, -0.25) is 14.4 Å². The Balaban J connectivity index is 1.47. The van der Waals surface area contributed by atoms with Gasteiger partial charge in [0.1, 0.15) is 22.2 Å². The molecule has 206 valence electrons. The summed E-state index contributed by atoms with van der Waals surface area (Å²) in [4.78, 5) is 52.0. The van der Waals surface area contributed by atoms with Crippen molar-refractivity contribution in [3.05, 3.63) is 88.6 Å². The maximum Gasteiger partial charge on any atom is 0.338 e. The molecule has 0 atom stereocenters. The van der Waals surface area contributed by atoms with Gasteiger partial charge in [-0.05, 0) is 61.0 Å². The molecule has 1 heterocycles. The van der Waals surface area contributed by atoms with Crippen LogP contribution in [0, 0.1) is 0 Å². The first-order valence-electron chi connectivity index (χ1n) is 12.2. The summed E-state index contributed by atoms with van der Waals surface area (Å²) in [6, 6.07) is 17.2. The summed E-state index contributed by atoms with van der Waals surface area (Å²) in [6.07, 6.45) is 0.658. The number of amides is 3. The molecule has 0 radical (unpaired) electrons. The summed E-state index contributed by atoms with van der Waals surface area (Å²) in [6.45, 7) is 2.12. The highest BCUT2D eigenvalue weighted by Crippen LogP contribution is 2.32. The number of methoxy groups -OCH3 is 2. The van der Waals surface area contributed by atoms with Crippen molar-refractivity contribution in [1.29, 1.82) is 0 Å². The van der Waals surface area contributed by atoms with Gasteiger partial charge in [-0.15, -0.1) is 0 Å². The number of nitrogens with one attached hydrogen (secondary N) is 2. The summed E-state index contributed by atoms with van der Waals surface area (Å²) in [5.74, 6) is -1.38. The van der Waals surface area contributed by atoms with Gasteiger partial charge in [-0.25, -0.2) is 9.69 Å². The van der Waals surface area contributed by atoms with E-state index in [4.69, 9.17) is 25.8 Å². The van der Waals surface area contributed by atoms with Crippen LogP contribution in [-0.2, 0) is 14.3 Å². The van der Waals surface area contributed by atoms with Crippen LogP contribution >= 0.6 is 11.6 Å². The smallest absolute Gasteiger partial charge is 0.338 e. The lowest BCUT2D eigenvalue weighted by atomic mass is 10.1. The predicted octanol–water partition coefficient (Wildman–Crippen LogP) is 4.96. The maximum absolute atomic E-state index is 13.2. The van der Waals surface area contributed by atoms with E-state index in [-0.39, 0.29) is 28.6 Å². The van der Waals surface area contributed by atoms with Crippen LogP contribution in [0.15, 0.2) is 77.5 Å². The standard InChI is InChI=1S/C29H26ClN3O7/c1-4-14-40-29(37)18-6-5-7-20(15-18)33-27(35)24(30)25(28(33)36)31-19-10-8-17(9-11-19)26(34)32-22-16-21(38-2)12-13-23(22)39-3/h5-13,15-16,31H,4,14H2,1-3H3,(H,32,34). The highest BCUT2D eigenvalue weighted by molar-refractivity contribution is 6.53. The fraction of sp³-hybridized carbons (Fsp3) is 0.172. The molecule has 0 bridgehead atoms. The molecule has 10 nitrogen and oxygen atoms in total. The largest absolute Gasteiger partial charge is 0.497 e. The minimum Gasteiger partial charge on any atom is -0.497 e. The molecule has 3 aromatic carbocycles. The zero-order chi connectivity index (χ0) is 28.8. The maximum atomic E-state index is 13.2. The molecular formula is C29H26ClN3O7. The van der Waals surface area contributed by atoms with E-state index in [1.807, 2.05) is 6.92 Å². The number of hydrogen-bond acceptors (Lipinski definition) is 8. The van der Waals surface area contributed by atoms with E-state index >= 15 is 0 Å². The Morgan fingerprint density at radius 1 is 0.900 bits per heavy atom. The van der Waals surface area contributed by atoms with Gasteiger partial charge in [-0.1, -0.05) is 24.6 Å². The normalized spacial score (nSPS) is 12.8. The van der Waals surface area contributed by atoms with Crippen molar-refractivity contribution in [2.75, 3.05) is 36.4 Å². The molecule has 0 aromatic heterocycles. The molecule has 4 rings (SSSR count). The molecule has 40 heavy (non-hydrogen) atoms. The molecule has 1 aliphatic rings. The number of nitrogens with zero attached hydrogens (tertiary/aromatic N) is 1. The Labute approximate surface area is 235 Å². The molecule has 0 unspecified atom stereocenters. The number of carbonyl (C=O) groups excluding carboxylic acids is 4. The quantitative estimate of drug-likeness (QED) is 0.262. The predicted molar refractivity (Wildman–Crippen MR) is 150 cm³/mol. The van der Waals surface area contributed by atoms with Crippen molar-refractivity contribution in [1.82, 2.24) is 0 Å². The molecule has 0 saturated heterocycles. The van der Waals surface area contributed by atoms with E-state index in [9.17, 15) is 19.2 Å². The van der Waals surface area contributed by atoms with Crippen molar-refractivity contribution in [3.8, 4) is 11.5 Å². The van der Waals surface area contributed by atoms with Gasteiger partial charge in [0, 0.05) is 17.3 Å². The third kappa shape index (κ3) is 5.92. The number of benzene rings is 3. The first-order chi connectivity index (χ1) is 19.3. The molecule has 3 aromatic rings. The van der Waals surface area contributed by atoms with Crippen molar-refractivity contribution in [2.24, 2.45) is 0 Å². The van der Waals surface area contributed by atoms with Gasteiger partial charge in [0.15, 0.2) is 0 Å². The zero-order valence-corrected chi connectivity index (χ0v) is 22.7. The van der Waals surface area contributed by atoms with Crippen LogP contribution in [-0.4, -0.2) is 44.5 Å². The molecular weight excluding hydrogens is 538 g/mol. The SMILES string of the molecule is CCCOC(=O)c1cccc(N2C(=O)C(Cl)=C(Nc3ccc(C(=O)Nc4cc(OC)ccc4OC)cc3)C2=O)c1. The van der Waals surface area contributed by atoms with E-state index in [2.05, 4.69) is 10.6 Å². The zero-order valence-electron chi connectivity index (χ0n) is 21.9. The number of ether oxygens (including phenoxy) is 3. The molecule has 0 aliphatic carbocycles. The van der Waals surface area contributed by atoms with Crippen LogP contribution in [0.2, 0.25) is 0 Å². The van der Waals surface area contributed by atoms with Gasteiger partial charge in [0.25, 0.3) is 17.7 Å². The number of anilines is 3. The Morgan fingerprint density at radius 2 is 1.65 bits per heavy atom. The van der Waals surface area contributed by atoms with Crippen LogP contribution in [0.4, 0.5) is 17.1 Å². The first kappa shape index (κ1) is 28.2. The fourth-order valence-electron chi connectivity index (χ4n) is 3.85. The van der Waals surface area contributed by atoms with Crippen LogP contribution in [0.5, 0.6) is 11.5 Å². The minimum absolute atomic E-state index is 0.135. The van der Waals surface area contributed by atoms with Gasteiger partial charge >= 0.3 is 5.97 Å². The molecule has 0 fully saturated rings. The number of carbonyl (C=O) groups is 4. The van der Waals surface area contributed by atoms with Gasteiger partial charge in [-0.2, -0.15) is 0 Å². The van der Waals surface area contributed by atoms with Crippen LogP contribution < -0.4 is 25.0 Å². The topological polar surface area (TPSA) is 123 Å². The highest BCUT2D eigenvalue weighted by atomic mass is 35.5. The molecule has 11 heteroatoms. The third-order valence-corrected chi connectivity index (χ3v) is 6.23. The van der Waals surface area contributed by atoms with Gasteiger partial charge in [0.2, 0.25) is 0 Å². The van der Waals surface area contributed by atoms with E-state index in [1.54, 1.807) is 48.5 Å². The summed E-state index contributed by atoms with van der Waals surface area (Å²) in [5.41, 5.74) is 1.43. The first-order valence-corrected chi connectivity index (χ1v) is 12.6. The van der Waals surface area contributed by atoms with Crippen molar-refractivity contribution in [2.45, 2.75) is 13.3 Å². The third-order valence-electron chi connectivity index (χ3n) is 5.88. The average Bonchev–Trinajstić information content (AvgIpc) is 3.18. The summed E-state index contributed by atoms with van der Waals surface area (Å²) in [7, 11) is 3.01. The lowest BCUT2D eigenvalue weighted by molar-refractivity contribution is -0.120. The number of esters is 1. The molecule has 2 N–H and O–H groups in total. The van der Waals surface area contributed by atoms with Crippen molar-refractivity contribution >= 4 is 52.4 Å². The number of hydrogen-bond donors (Lipinski definition) is 2. The van der Waals surface area contributed by atoms with Crippen LogP contribution in [0.1, 0.15) is 34.1 Å². The van der Waals surface area contributed by atoms with E-state index < -0.39 is 23.7 Å². The lowest BCUT2D eigenvalue weighted by Gasteiger charge is -2.16. The molecule has 0 spiro atoms. The monoisotopic (exact) mass is 563 g/mol. The van der Waals surface area contributed by atoms with E-state index in [0.717, 1.165) is 4.90 Å². The fourth-order valence-corrected chi connectivity index (χ4v) is 4.06. The summed E-state index contributed by atoms with van der Waals surface area (Å²) >= 11 is 6.24. The number of imide groups is 1. The second-order valence-electron chi connectivity index (χ2n) is 8.54. The minimum atomic E-state index is -0.739. The Hall–Kier alpha value is -4.83. The average molecular weight is 564 g/mol. The Kier molecular flexibility index (Phi) is 8.70. The van der Waals surface area contributed by atoms with Crippen LogP contribution in [0.3, 0.4) is 0 Å².